The van der Waals surface area contributed by atoms with Gasteiger partial charge in [-0.2, -0.15) is 28.2 Å². The predicted octanol–water partition coefficient (Wildman–Crippen LogP) is 5.68. The van der Waals surface area contributed by atoms with Gasteiger partial charge in [-0.1, -0.05) is 6.92 Å². The van der Waals surface area contributed by atoms with E-state index in [1.54, 1.807) is 6.92 Å². The fraction of sp³-hybridized carbons (Fsp3) is 0.464. The number of rotatable bonds is 10. The molecule has 1 saturated carbocycles. The van der Waals surface area contributed by atoms with E-state index in [0.29, 0.717) is 25.0 Å². The summed E-state index contributed by atoms with van der Waals surface area (Å²) in [6.45, 7) is 3.79. The van der Waals surface area contributed by atoms with Crippen LogP contribution >= 0.6 is 0 Å². The minimum atomic E-state index is -4.85. The number of hydrogen-bond donors (Lipinski definition) is 0. The van der Waals surface area contributed by atoms with Crippen LogP contribution in [0.15, 0.2) is 36.8 Å². The first-order valence-corrected chi connectivity index (χ1v) is 13.2. The molecule has 220 valence electrons. The molecule has 13 heteroatoms. The molecule has 0 saturated heterocycles. The maximum Gasteiger partial charge on any atom is 0.421 e. The van der Waals surface area contributed by atoms with Gasteiger partial charge in [-0.25, -0.2) is 9.37 Å². The van der Waals surface area contributed by atoms with Gasteiger partial charge in [0.05, 0.1) is 37.3 Å². The van der Waals surface area contributed by atoms with E-state index in [4.69, 9.17) is 9.47 Å². The molecule has 9 nitrogen and oxygen atoms in total. The lowest BCUT2D eigenvalue weighted by atomic mass is 9.82. The Balaban J connectivity index is 1.68. The van der Waals surface area contributed by atoms with Gasteiger partial charge >= 0.3 is 6.18 Å². The Bertz CT molecular complexity index is 1360. The molecule has 2 aromatic heterocycles. The molecule has 0 N–H and O–H groups in total. The van der Waals surface area contributed by atoms with Crippen LogP contribution in [0.25, 0.3) is 0 Å². The second kappa shape index (κ2) is 12.8. The van der Waals surface area contributed by atoms with E-state index in [0.717, 1.165) is 37.2 Å². The van der Waals surface area contributed by atoms with Crippen molar-refractivity contribution in [2.75, 3.05) is 18.6 Å². The summed E-state index contributed by atoms with van der Waals surface area (Å²) in [5.41, 5.74) is -1.56. The summed E-state index contributed by atoms with van der Waals surface area (Å²) in [5.74, 6) is -2.41. The zero-order valence-corrected chi connectivity index (χ0v) is 22.9. The Morgan fingerprint density at radius 3 is 2.46 bits per heavy atom. The van der Waals surface area contributed by atoms with E-state index in [1.807, 2.05) is 0 Å². The van der Waals surface area contributed by atoms with Crippen molar-refractivity contribution in [3.63, 3.8) is 0 Å². The lowest BCUT2D eigenvalue weighted by Crippen LogP contribution is -2.46. The first-order chi connectivity index (χ1) is 19.5. The molecule has 1 amide bonds. The lowest BCUT2D eigenvalue weighted by molar-refractivity contribution is -0.139. The number of methoxy groups -OCH3 is 1. The summed E-state index contributed by atoms with van der Waals surface area (Å²) in [5, 5.41) is 7.74. The third kappa shape index (κ3) is 7.07. The number of nitrogens with zero attached hydrogens (tertiary/aromatic N) is 5. The SMILES string of the molecule is COC[C@H](C)N(c1c(F)cc(Oc2ncc(Cn3nccn3)cc2C(F)(F)F)cc1C=O)C(=O)[C@H]1CC[C@H](C)CC1. The van der Waals surface area contributed by atoms with E-state index in [-0.39, 0.29) is 47.5 Å². The third-order valence-corrected chi connectivity index (χ3v) is 7.10. The van der Waals surface area contributed by atoms with Crippen LogP contribution in [0.3, 0.4) is 0 Å². The van der Waals surface area contributed by atoms with Gasteiger partial charge in [-0.15, -0.1) is 0 Å². The average molecular weight is 578 g/mol. The molecule has 1 aliphatic carbocycles. The van der Waals surface area contributed by atoms with Crippen LogP contribution in [0.4, 0.5) is 23.2 Å². The first kappa shape index (κ1) is 30.1. The second-order valence-electron chi connectivity index (χ2n) is 10.3. The largest absolute Gasteiger partial charge is 0.438 e. The molecule has 1 fully saturated rings. The van der Waals surface area contributed by atoms with Gasteiger partial charge < -0.3 is 14.4 Å². The van der Waals surface area contributed by atoms with Gasteiger partial charge in [0, 0.05) is 30.9 Å². The quantitative estimate of drug-likeness (QED) is 0.226. The predicted molar refractivity (Wildman–Crippen MR) is 140 cm³/mol. The number of aromatic nitrogens is 4. The zero-order valence-electron chi connectivity index (χ0n) is 22.9. The van der Waals surface area contributed by atoms with E-state index in [2.05, 4.69) is 22.1 Å². The van der Waals surface area contributed by atoms with Crippen molar-refractivity contribution in [1.82, 2.24) is 20.0 Å². The van der Waals surface area contributed by atoms with Crippen LogP contribution in [0.2, 0.25) is 0 Å². The molecule has 0 bridgehead atoms. The normalized spacial score (nSPS) is 18.1. The molecule has 0 unspecified atom stereocenters. The minimum Gasteiger partial charge on any atom is -0.438 e. The van der Waals surface area contributed by atoms with Gasteiger partial charge in [0.2, 0.25) is 11.8 Å². The van der Waals surface area contributed by atoms with Crippen LogP contribution < -0.4 is 9.64 Å². The molecule has 3 aromatic rings. The van der Waals surface area contributed by atoms with E-state index in [9.17, 15) is 22.8 Å². The fourth-order valence-corrected chi connectivity index (χ4v) is 5.03. The molecule has 2 heterocycles. The number of amides is 1. The number of alkyl halides is 3. The molecule has 41 heavy (non-hydrogen) atoms. The van der Waals surface area contributed by atoms with Gasteiger partial charge in [0.25, 0.3) is 0 Å². The Morgan fingerprint density at radius 2 is 1.85 bits per heavy atom. The summed E-state index contributed by atoms with van der Waals surface area (Å²) in [6.07, 6.45) is 2.40. The molecule has 0 aliphatic heterocycles. The minimum absolute atomic E-state index is 0.0641. The van der Waals surface area contributed by atoms with Crippen molar-refractivity contribution in [2.45, 2.75) is 58.3 Å². The van der Waals surface area contributed by atoms with Crippen molar-refractivity contribution in [1.29, 1.82) is 0 Å². The molecule has 1 atom stereocenters. The van der Waals surface area contributed by atoms with Crippen LogP contribution in [0.5, 0.6) is 11.6 Å². The number of benzene rings is 1. The number of hydrogen-bond acceptors (Lipinski definition) is 7. The standard InChI is InChI=1S/C28H31F4N5O4/c1-17-4-6-20(7-5-17)27(39)37(18(2)16-40-3)25-21(15-38)11-22(12-24(25)29)41-26-23(28(30,31)32)10-19(13-33-26)14-36-34-8-9-35-36/h8-13,15,17-18,20H,4-7,14,16H2,1-3H3/t17-,18-,20-/m0/s1. The number of aldehydes is 1. The fourth-order valence-electron chi connectivity index (χ4n) is 5.03. The van der Waals surface area contributed by atoms with Crippen LogP contribution in [0.1, 0.15) is 61.0 Å². The van der Waals surface area contributed by atoms with Gasteiger partial charge in [-0.05, 0) is 56.2 Å². The lowest BCUT2D eigenvalue weighted by Gasteiger charge is -2.35. The Labute approximate surface area is 234 Å². The van der Waals surface area contributed by atoms with Crippen molar-refractivity contribution in [2.24, 2.45) is 11.8 Å². The van der Waals surface area contributed by atoms with Crippen molar-refractivity contribution in [3.8, 4) is 11.6 Å². The highest BCUT2D eigenvalue weighted by molar-refractivity contribution is 6.00. The maximum atomic E-state index is 15.7. The highest BCUT2D eigenvalue weighted by atomic mass is 19.4. The van der Waals surface area contributed by atoms with Gasteiger partial charge in [0.1, 0.15) is 11.3 Å². The first-order valence-electron chi connectivity index (χ1n) is 13.2. The number of anilines is 1. The van der Waals surface area contributed by atoms with Crippen molar-refractivity contribution >= 4 is 17.9 Å². The number of carbonyl (C=O) groups excluding carboxylic acids is 2. The van der Waals surface area contributed by atoms with Crippen LogP contribution in [-0.2, 0) is 22.3 Å². The number of pyridine rings is 1. The highest BCUT2D eigenvalue weighted by Gasteiger charge is 2.37. The molecule has 1 aromatic carbocycles. The number of carbonyl (C=O) groups is 2. The molecule has 0 spiro atoms. The van der Waals surface area contributed by atoms with E-state index < -0.39 is 29.5 Å². The summed E-state index contributed by atoms with van der Waals surface area (Å²) in [6, 6.07) is 2.16. The topological polar surface area (TPSA) is 99.4 Å². The van der Waals surface area contributed by atoms with E-state index >= 15 is 4.39 Å². The van der Waals surface area contributed by atoms with Gasteiger partial charge in [0.15, 0.2) is 12.1 Å². The van der Waals surface area contributed by atoms with Crippen LogP contribution in [0, 0.1) is 17.7 Å². The average Bonchev–Trinajstić information content (AvgIpc) is 3.43. The van der Waals surface area contributed by atoms with Gasteiger partial charge in [-0.3, -0.25) is 9.59 Å². The van der Waals surface area contributed by atoms with Crippen molar-refractivity contribution < 1.29 is 36.6 Å². The number of ether oxygens (including phenoxy) is 2. The molecular weight excluding hydrogens is 546 g/mol. The molecule has 0 radical (unpaired) electrons. The van der Waals surface area contributed by atoms with E-state index in [1.165, 1.54) is 29.2 Å². The molecule has 4 rings (SSSR count). The summed E-state index contributed by atoms with van der Waals surface area (Å²) < 4.78 is 68.0. The third-order valence-electron chi connectivity index (χ3n) is 7.10. The molecule has 1 aliphatic rings. The summed E-state index contributed by atoms with van der Waals surface area (Å²) >= 11 is 0. The Kier molecular flexibility index (Phi) is 9.36. The monoisotopic (exact) mass is 577 g/mol. The highest BCUT2D eigenvalue weighted by Crippen LogP contribution is 2.40. The maximum absolute atomic E-state index is 15.7. The molecular formula is C28H31F4N5O4. The van der Waals surface area contributed by atoms with Crippen molar-refractivity contribution in [3.05, 3.63) is 59.3 Å². The summed E-state index contributed by atoms with van der Waals surface area (Å²) in [4.78, 5) is 32.0. The Hall–Kier alpha value is -3.87. The summed E-state index contributed by atoms with van der Waals surface area (Å²) in [7, 11) is 1.44. The number of halogens is 4. The zero-order chi connectivity index (χ0) is 29.7. The van der Waals surface area contributed by atoms with Crippen LogP contribution in [-0.4, -0.2) is 51.9 Å². The smallest absolute Gasteiger partial charge is 0.421 e. The second-order valence-corrected chi connectivity index (χ2v) is 10.3. The Morgan fingerprint density at radius 1 is 1.17 bits per heavy atom.